The molecule has 0 aliphatic heterocycles. The summed E-state index contributed by atoms with van der Waals surface area (Å²) in [5.74, 6) is 1.72. The van der Waals surface area contributed by atoms with E-state index in [1.54, 1.807) is 6.07 Å². The number of fused-ring (bicyclic) bond motifs is 1. The van der Waals surface area contributed by atoms with Gasteiger partial charge in [-0.2, -0.15) is 0 Å². The van der Waals surface area contributed by atoms with Gasteiger partial charge in [-0.15, -0.1) is 0 Å². The monoisotopic (exact) mass is 360 g/mol. The number of primary amides is 1. The lowest BCUT2D eigenvalue weighted by molar-refractivity contribution is 0.0995. The summed E-state index contributed by atoms with van der Waals surface area (Å²) < 4.78 is 6.02. The van der Waals surface area contributed by atoms with Crippen molar-refractivity contribution in [2.75, 3.05) is 0 Å². The Morgan fingerprint density at radius 2 is 1.78 bits per heavy atom. The molecule has 27 heavy (non-hydrogen) atoms. The fourth-order valence-corrected chi connectivity index (χ4v) is 3.87. The minimum Gasteiger partial charge on any atom is -0.457 e. The van der Waals surface area contributed by atoms with Gasteiger partial charge in [-0.1, -0.05) is 49.4 Å². The predicted octanol–water partition coefficient (Wildman–Crippen LogP) is 5.17. The number of nitrogens with zero attached hydrogens (tertiary/aromatic N) is 1. The maximum absolute atomic E-state index is 11.7. The van der Waals surface area contributed by atoms with Crippen LogP contribution in [0.1, 0.15) is 47.4 Å². The normalized spacial score (nSPS) is 14.6. The van der Waals surface area contributed by atoms with E-state index in [9.17, 15) is 4.79 Å². The second-order valence-electron chi connectivity index (χ2n) is 7.47. The standard InChI is InChI=1S/C23H24N2O2/c1-15-6-9-18(10-7-15)27-19-11-8-17-13-22(23(24)26)25-21(20(17)14-19)12-16-4-2-3-5-16/h6-11,13-14,16H,2-5,12H2,1H3,(H2,24,26). The van der Waals surface area contributed by atoms with Crippen LogP contribution in [0.4, 0.5) is 0 Å². The molecule has 1 aromatic heterocycles. The van der Waals surface area contributed by atoms with E-state index < -0.39 is 5.91 Å². The molecule has 1 fully saturated rings. The first-order valence-electron chi connectivity index (χ1n) is 9.56. The van der Waals surface area contributed by atoms with Crippen LogP contribution in [0.3, 0.4) is 0 Å². The molecule has 1 aliphatic carbocycles. The maximum atomic E-state index is 11.7. The number of hydrogen-bond acceptors (Lipinski definition) is 3. The van der Waals surface area contributed by atoms with Crippen LogP contribution in [0.2, 0.25) is 0 Å². The average Bonchev–Trinajstić information content (AvgIpc) is 3.17. The summed E-state index contributed by atoms with van der Waals surface area (Å²) in [5.41, 5.74) is 7.98. The van der Waals surface area contributed by atoms with Gasteiger partial charge < -0.3 is 10.5 Å². The van der Waals surface area contributed by atoms with Crippen LogP contribution in [-0.2, 0) is 6.42 Å². The molecule has 0 radical (unpaired) electrons. The number of nitrogens with two attached hydrogens (primary N) is 1. The number of pyridine rings is 1. The van der Waals surface area contributed by atoms with Gasteiger partial charge in [0.25, 0.3) is 5.91 Å². The second kappa shape index (κ2) is 7.39. The molecule has 0 saturated heterocycles. The Morgan fingerprint density at radius 1 is 1.07 bits per heavy atom. The first kappa shape index (κ1) is 17.5. The molecule has 4 nitrogen and oxygen atoms in total. The third-order valence-electron chi connectivity index (χ3n) is 5.35. The number of benzene rings is 2. The Balaban J connectivity index is 1.72. The highest BCUT2D eigenvalue weighted by molar-refractivity contribution is 5.96. The minimum absolute atomic E-state index is 0.336. The van der Waals surface area contributed by atoms with Crippen molar-refractivity contribution < 1.29 is 9.53 Å². The van der Waals surface area contributed by atoms with Crippen LogP contribution < -0.4 is 10.5 Å². The number of hydrogen-bond donors (Lipinski definition) is 1. The fraction of sp³-hybridized carbons (Fsp3) is 0.304. The molecule has 2 N–H and O–H groups in total. The zero-order chi connectivity index (χ0) is 18.8. The van der Waals surface area contributed by atoms with Crippen molar-refractivity contribution in [3.8, 4) is 11.5 Å². The van der Waals surface area contributed by atoms with E-state index in [1.165, 1.54) is 31.2 Å². The maximum Gasteiger partial charge on any atom is 0.267 e. The summed E-state index contributed by atoms with van der Waals surface area (Å²) in [4.78, 5) is 16.3. The smallest absolute Gasteiger partial charge is 0.267 e. The molecule has 2 aromatic carbocycles. The molecule has 4 heteroatoms. The van der Waals surface area contributed by atoms with Crippen molar-refractivity contribution in [2.45, 2.75) is 39.0 Å². The van der Waals surface area contributed by atoms with E-state index in [0.717, 1.165) is 34.4 Å². The Bertz CT molecular complexity index is 974. The summed E-state index contributed by atoms with van der Waals surface area (Å²) in [6.07, 6.45) is 5.89. The van der Waals surface area contributed by atoms with E-state index in [2.05, 4.69) is 11.9 Å². The lowest BCUT2D eigenvalue weighted by Gasteiger charge is -2.14. The Labute approximate surface area is 159 Å². The second-order valence-corrected chi connectivity index (χ2v) is 7.47. The molecule has 4 rings (SSSR count). The van der Waals surface area contributed by atoms with Gasteiger partial charge in [-0.05, 0) is 55.0 Å². The summed E-state index contributed by atoms with van der Waals surface area (Å²) >= 11 is 0. The van der Waals surface area contributed by atoms with Crippen LogP contribution in [0.15, 0.2) is 48.5 Å². The Hall–Kier alpha value is -2.88. The molecule has 1 heterocycles. The number of ether oxygens (including phenoxy) is 1. The van der Waals surface area contributed by atoms with Gasteiger partial charge in [-0.3, -0.25) is 4.79 Å². The average molecular weight is 360 g/mol. The highest BCUT2D eigenvalue weighted by atomic mass is 16.5. The first-order chi connectivity index (χ1) is 13.1. The number of aryl methyl sites for hydroxylation is 1. The summed E-state index contributed by atoms with van der Waals surface area (Å²) in [6, 6.07) is 15.7. The first-order valence-corrected chi connectivity index (χ1v) is 9.56. The summed E-state index contributed by atoms with van der Waals surface area (Å²) in [7, 11) is 0. The van der Waals surface area contributed by atoms with E-state index in [4.69, 9.17) is 10.5 Å². The topological polar surface area (TPSA) is 65.2 Å². The zero-order valence-electron chi connectivity index (χ0n) is 15.6. The molecule has 0 spiro atoms. The highest BCUT2D eigenvalue weighted by Crippen LogP contribution is 2.32. The van der Waals surface area contributed by atoms with Crippen molar-refractivity contribution in [1.82, 2.24) is 4.98 Å². The van der Waals surface area contributed by atoms with Crippen LogP contribution in [0.5, 0.6) is 11.5 Å². The molecule has 0 atom stereocenters. The van der Waals surface area contributed by atoms with Crippen molar-refractivity contribution in [1.29, 1.82) is 0 Å². The Morgan fingerprint density at radius 3 is 2.48 bits per heavy atom. The highest BCUT2D eigenvalue weighted by Gasteiger charge is 2.19. The van der Waals surface area contributed by atoms with E-state index >= 15 is 0 Å². The molecule has 3 aromatic rings. The van der Waals surface area contributed by atoms with Gasteiger partial charge in [0.05, 0.1) is 0 Å². The molecule has 138 valence electrons. The van der Waals surface area contributed by atoms with Crippen LogP contribution in [-0.4, -0.2) is 10.9 Å². The summed E-state index contributed by atoms with van der Waals surface area (Å²) in [6.45, 7) is 2.05. The fourth-order valence-electron chi connectivity index (χ4n) is 3.87. The van der Waals surface area contributed by atoms with Crippen LogP contribution in [0.25, 0.3) is 10.8 Å². The van der Waals surface area contributed by atoms with Gasteiger partial charge in [-0.25, -0.2) is 4.98 Å². The number of rotatable bonds is 5. The zero-order valence-corrected chi connectivity index (χ0v) is 15.6. The number of carbonyl (C=O) groups excluding carboxylic acids is 1. The van der Waals surface area contributed by atoms with E-state index in [0.29, 0.717) is 11.6 Å². The van der Waals surface area contributed by atoms with Gasteiger partial charge in [0, 0.05) is 11.1 Å². The number of amides is 1. The van der Waals surface area contributed by atoms with Crippen molar-refractivity contribution in [3.63, 3.8) is 0 Å². The third-order valence-corrected chi connectivity index (χ3v) is 5.35. The van der Waals surface area contributed by atoms with E-state index in [1.807, 2.05) is 42.5 Å². The SMILES string of the molecule is Cc1ccc(Oc2ccc3cc(C(N)=O)nc(CC4CCCC4)c3c2)cc1. The molecule has 1 aliphatic rings. The molecular weight excluding hydrogens is 336 g/mol. The molecule has 1 amide bonds. The lowest BCUT2D eigenvalue weighted by Crippen LogP contribution is -2.15. The van der Waals surface area contributed by atoms with Gasteiger partial charge in [0.1, 0.15) is 17.2 Å². The van der Waals surface area contributed by atoms with Crippen LogP contribution in [0, 0.1) is 12.8 Å². The molecule has 0 bridgehead atoms. The van der Waals surface area contributed by atoms with Gasteiger partial charge >= 0.3 is 0 Å². The lowest BCUT2D eigenvalue weighted by atomic mass is 9.97. The predicted molar refractivity (Wildman–Crippen MR) is 107 cm³/mol. The molecular formula is C23H24N2O2. The summed E-state index contributed by atoms with van der Waals surface area (Å²) in [5, 5.41) is 2.01. The molecule has 0 unspecified atom stereocenters. The number of carbonyl (C=O) groups is 1. The Kier molecular flexibility index (Phi) is 4.80. The third kappa shape index (κ3) is 3.95. The van der Waals surface area contributed by atoms with Gasteiger partial charge in [0.2, 0.25) is 0 Å². The minimum atomic E-state index is -0.482. The van der Waals surface area contributed by atoms with Crippen molar-refractivity contribution in [3.05, 3.63) is 65.5 Å². The van der Waals surface area contributed by atoms with E-state index in [-0.39, 0.29) is 0 Å². The van der Waals surface area contributed by atoms with Gasteiger partial charge in [0.15, 0.2) is 0 Å². The van der Waals surface area contributed by atoms with Crippen molar-refractivity contribution >= 4 is 16.7 Å². The quantitative estimate of drug-likeness (QED) is 0.683. The largest absolute Gasteiger partial charge is 0.457 e. The van der Waals surface area contributed by atoms with Crippen LogP contribution >= 0.6 is 0 Å². The number of aromatic nitrogens is 1. The van der Waals surface area contributed by atoms with Crippen molar-refractivity contribution in [2.24, 2.45) is 11.7 Å². The molecule has 1 saturated carbocycles.